The minimum absolute atomic E-state index is 0.0653. The van der Waals surface area contributed by atoms with Gasteiger partial charge in [-0.3, -0.25) is 4.79 Å². The van der Waals surface area contributed by atoms with Gasteiger partial charge in [0.05, 0.1) is 16.9 Å². The SMILES string of the molecule is CC(C)(C)S(=O)(=O)CCCCCC(=O)Cc1nnc(-c2ccc(F)cc2)s1. The highest BCUT2D eigenvalue weighted by Gasteiger charge is 2.27. The molecule has 148 valence electrons. The fourth-order valence-corrected chi connectivity index (χ4v) is 4.46. The number of carbonyl (C=O) groups is 1. The molecule has 0 N–H and O–H groups in total. The van der Waals surface area contributed by atoms with Crippen LogP contribution in [0, 0.1) is 5.82 Å². The van der Waals surface area contributed by atoms with Crippen LogP contribution in [0.5, 0.6) is 0 Å². The van der Waals surface area contributed by atoms with Gasteiger partial charge in [-0.15, -0.1) is 10.2 Å². The predicted molar refractivity (Wildman–Crippen MR) is 106 cm³/mol. The Labute approximate surface area is 164 Å². The van der Waals surface area contributed by atoms with E-state index in [0.29, 0.717) is 35.7 Å². The van der Waals surface area contributed by atoms with Crippen molar-refractivity contribution in [3.8, 4) is 10.6 Å². The van der Waals surface area contributed by atoms with Crippen molar-refractivity contribution in [2.24, 2.45) is 0 Å². The number of sulfone groups is 1. The number of unbranched alkanes of at least 4 members (excludes halogenated alkanes) is 2. The van der Waals surface area contributed by atoms with Gasteiger partial charge in [-0.1, -0.05) is 17.8 Å². The van der Waals surface area contributed by atoms with Gasteiger partial charge < -0.3 is 0 Å². The maximum absolute atomic E-state index is 13.0. The van der Waals surface area contributed by atoms with E-state index in [2.05, 4.69) is 10.2 Å². The Bertz CT molecular complexity index is 869. The molecule has 2 aromatic rings. The smallest absolute Gasteiger partial charge is 0.155 e. The second-order valence-electron chi connectivity index (χ2n) is 7.47. The van der Waals surface area contributed by atoms with Crippen LogP contribution in [0.3, 0.4) is 0 Å². The fourth-order valence-electron chi connectivity index (χ4n) is 2.39. The van der Waals surface area contributed by atoms with Crippen molar-refractivity contribution < 1.29 is 17.6 Å². The van der Waals surface area contributed by atoms with Gasteiger partial charge in [0.25, 0.3) is 0 Å². The molecular weight excluding hydrogens is 387 g/mol. The van der Waals surface area contributed by atoms with E-state index in [0.717, 1.165) is 5.56 Å². The van der Waals surface area contributed by atoms with Crippen LogP contribution in [0.1, 0.15) is 51.5 Å². The van der Waals surface area contributed by atoms with Crippen LogP contribution in [0.15, 0.2) is 24.3 Å². The highest BCUT2D eigenvalue weighted by atomic mass is 32.2. The molecule has 0 aliphatic heterocycles. The number of benzene rings is 1. The summed E-state index contributed by atoms with van der Waals surface area (Å²) >= 11 is 1.33. The van der Waals surface area contributed by atoms with E-state index in [4.69, 9.17) is 0 Å². The van der Waals surface area contributed by atoms with Crippen molar-refractivity contribution in [2.75, 3.05) is 5.75 Å². The lowest BCUT2D eigenvalue weighted by Gasteiger charge is -2.18. The van der Waals surface area contributed by atoms with E-state index in [1.54, 1.807) is 32.9 Å². The number of Topliss-reactive ketones (excluding diaryl/α,β-unsaturated/α-hetero) is 1. The molecule has 0 fully saturated rings. The number of hydrogen-bond acceptors (Lipinski definition) is 6. The molecule has 0 amide bonds. The average molecular weight is 413 g/mol. The summed E-state index contributed by atoms with van der Waals surface area (Å²) in [4.78, 5) is 12.1. The quantitative estimate of drug-likeness (QED) is 0.576. The Balaban J connectivity index is 1.74. The monoisotopic (exact) mass is 412 g/mol. The molecule has 0 aliphatic carbocycles. The molecule has 8 heteroatoms. The number of nitrogens with zero attached hydrogens (tertiary/aromatic N) is 2. The minimum atomic E-state index is -3.10. The topological polar surface area (TPSA) is 77.0 Å². The third-order valence-electron chi connectivity index (χ3n) is 4.21. The highest BCUT2D eigenvalue weighted by Crippen LogP contribution is 2.24. The molecule has 0 atom stereocenters. The van der Waals surface area contributed by atoms with E-state index < -0.39 is 14.6 Å². The third kappa shape index (κ3) is 6.46. The van der Waals surface area contributed by atoms with Crippen LogP contribution in [0.2, 0.25) is 0 Å². The van der Waals surface area contributed by atoms with E-state index in [1.807, 2.05) is 0 Å². The lowest BCUT2D eigenvalue weighted by molar-refractivity contribution is -0.118. The maximum atomic E-state index is 13.0. The highest BCUT2D eigenvalue weighted by molar-refractivity contribution is 7.92. The summed E-state index contributed by atoms with van der Waals surface area (Å²) in [5.41, 5.74) is 0.771. The minimum Gasteiger partial charge on any atom is -0.299 e. The Kier molecular flexibility index (Phi) is 7.22. The number of rotatable bonds is 9. The molecule has 0 bridgehead atoms. The lowest BCUT2D eigenvalue weighted by atomic mass is 10.1. The zero-order valence-corrected chi connectivity index (χ0v) is 17.5. The van der Waals surface area contributed by atoms with Crippen molar-refractivity contribution in [2.45, 2.75) is 57.6 Å². The van der Waals surface area contributed by atoms with Crippen molar-refractivity contribution in [1.29, 1.82) is 0 Å². The Morgan fingerprint density at radius 3 is 2.37 bits per heavy atom. The fraction of sp³-hybridized carbons (Fsp3) is 0.526. The van der Waals surface area contributed by atoms with Crippen molar-refractivity contribution in [1.82, 2.24) is 10.2 Å². The van der Waals surface area contributed by atoms with Gasteiger partial charge >= 0.3 is 0 Å². The summed E-state index contributed by atoms with van der Waals surface area (Å²) in [6, 6.07) is 5.99. The molecule has 0 unspecified atom stereocenters. The summed E-state index contributed by atoms with van der Waals surface area (Å²) in [5.74, 6) is -0.0910. The predicted octanol–water partition coefficient (Wildman–Crippen LogP) is 4.23. The van der Waals surface area contributed by atoms with Gasteiger partial charge in [0, 0.05) is 12.0 Å². The van der Waals surface area contributed by atoms with E-state index in [9.17, 15) is 17.6 Å². The average Bonchev–Trinajstić information content (AvgIpc) is 3.02. The molecule has 0 saturated heterocycles. The zero-order chi connectivity index (χ0) is 20.1. The molecule has 0 spiro atoms. The van der Waals surface area contributed by atoms with Crippen molar-refractivity contribution >= 4 is 27.0 Å². The Morgan fingerprint density at radius 2 is 1.74 bits per heavy atom. The molecule has 1 aromatic heterocycles. The molecular formula is C19H25FN2O3S2. The summed E-state index contributed by atoms with van der Waals surface area (Å²) < 4.78 is 36.3. The van der Waals surface area contributed by atoms with Crippen LogP contribution in [-0.2, 0) is 21.1 Å². The molecule has 0 radical (unpaired) electrons. The number of carbonyl (C=O) groups excluding carboxylic acids is 1. The van der Waals surface area contributed by atoms with Gasteiger partial charge in [-0.05, 0) is 57.9 Å². The first-order chi connectivity index (χ1) is 12.6. The second kappa shape index (κ2) is 9.01. The van der Waals surface area contributed by atoms with E-state index >= 15 is 0 Å². The van der Waals surface area contributed by atoms with Gasteiger partial charge in [-0.2, -0.15) is 0 Å². The van der Waals surface area contributed by atoms with Gasteiger partial charge in [-0.25, -0.2) is 12.8 Å². The molecule has 1 aromatic carbocycles. The number of ketones is 1. The first-order valence-corrected chi connectivity index (χ1v) is 11.4. The standard InChI is InChI=1S/C19H25FN2O3S2/c1-19(2,3)27(24,25)12-6-4-5-7-16(23)13-17-21-22-18(26-17)14-8-10-15(20)11-9-14/h8-11H,4-7,12-13H2,1-3H3. The third-order valence-corrected chi connectivity index (χ3v) is 7.87. The number of halogens is 1. The van der Waals surface area contributed by atoms with Crippen molar-refractivity contribution in [3.63, 3.8) is 0 Å². The Hall–Kier alpha value is -1.67. The molecule has 0 aliphatic rings. The summed E-state index contributed by atoms with van der Waals surface area (Å²) in [6.07, 6.45) is 2.57. The first kappa shape index (κ1) is 21.6. The Morgan fingerprint density at radius 1 is 1.07 bits per heavy atom. The summed E-state index contributed by atoms with van der Waals surface area (Å²) in [5, 5.41) is 9.38. The first-order valence-electron chi connectivity index (χ1n) is 8.91. The van der Waals surface area contributed by atoms with E-state index in [1.165, 1.54) is 23.5 Å². The van der Waals surface area contributed by atoms with Gasteiger partial charge in [0.2, 0.25) is 0 Å². The lowest BCUT2D eigenvalue weighted by Crippen LogP contribution is -2.30. The van der Waals surface area contributed by atoms with Crippen LogP contribution in [0.25, 0.3) is 10.6 Å². The zero-order valence-electron chi connectivity index (χ0n) is 15.9. The molecule has 1 heterocycles. The molecule has 2 rings (SSSR count). The van der Waals surface area contributed by atoms with Crippen LogP contribution in [0.4, 0.5) is 4.39 Å². The second-order valence-corrected chi connectivity index (χ2v) is 11.4. The normalized spacial score (nSPS) is 12.3. The molecule has 27 heavy (non-hydrogen) atoms. The summed E-state index contributed by atoms with van der Waals surface area (Å²) in [7, 11) is -3.10. The molecule has 0 saturated carbocycles. The largest absolute Gasteiger partial charge is 0.299 e. The van der Waals surface area contributed by atoms with Crippen LogP contribution in [-0.4, -0.2) is 34.9 Å². The maximum Gasteiger partial charge on any atom is 0.155 e. The van der Waals surface area contributed by atoms with E-state index in [-0.39, 0.29) is 23.8 Å². The molecule has 5 nitrogen and oxygen atoms in total. The van der Waals surface area contributed by atoms with Gasteiger partial charge in [0.15, 0.2) is 9.84 Å². The number of aromatic nitrogens is 2. The summed E-state index contributed by atoms with van der Waals surface area (Å²) in [6.45, 7) is 5.11. The van der Waals surface area contributed by atoms with Crippen LogP contribution < -0.4 is 0 Å². The number of hydrogen-bond donors (Lipinski definition) is 0. The van der Waals surface area contributed by atoms with Crippen LogP contribution >= 0.6 is 11.3 Å². The van der Waals surface area contributed by atoms with Gasteiger partial charge in [0.1, 0.15) is 21.6 Å². The van der Waals surface area contributed by atoms with Crippen molar-refractivity contribution in [3.05, 3.63) is 35.1 Å².